The zero-order valence-corrected chi connectivity index (χ0v) is 13.2. The van der Waals surface area contributed by atoms with Crippen molar-refractivity contribution in [3.8, 4) is 0 Å². The zero-order chi connectivity index (χ0) is 15.8. The van der Waals surface area contributed by atoms with Crippen LogP contribution in [0.3, 0.4) is 0 Å². The number of sulfonamides is 1. The largest absolute Gasteiger partial charge is 0.481 e. The van der Waals surface area contributed by atoms with Crippen LogP contribution in [-0.2, 0) is 14.8 Å². The number of aryl methyl sites for hydroxylation is 1. The first kappa shape index (κ1) is 16.7. The van der Waals surface area contributed by atoms with Gasteiger partial charge in [-0.05, 0) is 46.2 Å². The Hall–Kier alpha value is -1.40. The van der Waals surface area contributed by atoms with Crippen LogP contribution >= 0.6 is 0 Å². The monoisotopic (exact) mass is 299 g/mol. The van der Waals surface area contributed by atoms with E-state index >= 15 is 0 Å². The topological polar surface area (TPSA) is 83.5 Å². The predicted octanol–water partition coefficient (Wildman–Crippen LogP) is 2.16. The SMILES string of the molecule is Cc1ccccc1S(=O)(=O)NC(C)(C)C(C)(C)C(=O)O. The average Bonchev–Trinajstić information content (AvgIpc) is 2.27. The lowest BCUT2D eigenvalue weighted by molar-refractivity contribution is -0.150. The molecule has 0 aliphatic heterocycles. The van der Waals surface area contributed by atoms with Crippen LogP contribution in [-0.4, -0.2) is 25.0 Å². The van der Waals surface area contributed by atoms with Gasteiger partial charge in [-0.3, -0.25) is 4.79 Å². The van der Waals surface area contributed by atoms with E-state index in [1.165, 1.54) is 19.9 Å². The molecule has 0 aromatic heterocycles. The summed E-state index contributed by atoms with van der Waals surface area (Å²) in [4.78, 5) is 11.5. The molecule has 1 rings (SSSR count). The minimum absolute atomic E-state index is 0.161. The molecule has 0 saturated carbocycles. The molecule has 0 fully saturated rings. The van der Waals surface area contributed by atoms with E-state index in [0.717, 1.165) is 0 Å². The fourth-order valence-electron chi connectivity index (χ4n) is 1.64. The molecule has 0 bridgehead atoms. The van der Waals surface area contributed by atoms with Crippen LogP contribution in [0, 0.1) is 12.3 Å². The highest BCUT2D eigenvalue weighted by molar-refractivity contribution is 7.89. The lowest BCUT2D eigenvalue weighted by Gasteiger charge is -2.38. The number of hydrogen-bond acceptors (Lipinski definition) is 3. The molecule has 112 valence electrons. The molecule has 1 aromatic carbocycles. The van der Waals surface area contributed by atoms with Gasteiger partial charge in [0.05, 0.1) is 10.3 Å². The summed E-state index contributed by atoms with van der Waals surface area (Å²) in [6, 6.07) is 6.59. The van der Waals surface area contributed by atoms with E-state index in [0.29, 0.717) is 5.56 Å². The number of aliphatic carboxylic acids is 1. The molecule has 0 atom stereocenters. The van der Waals surface area contributed by atoms with Gasteiger partial charge in [-0.1, -0.05) is 18.2 Å². The number of carboxylic acids is 1. The highest BCUT2D eigenvalue weighted by Gasteiger charge is 2.46. The third-order valence-electron chi connectivity index (χ3n) is 3.87. The van der Waals surface area contributed by atoms with Crippen molar-refractivity contribution < 1.29 is 18.3 Å². The van der Waals surface area contributed by atoms with Crippen molar-refractivity contribution >= 4 is 16.0 Å². The lowest BCUT2D eigenvalue weighted by atomic mass is 9.75. The third kappa shape index (κ3) is 3.02. The van der Waals surface area contributed by atoms with Gasteiger partial charge in [-0.2, -0.15) is 0 Å². The van der Waals surface area contributed by atoms with Crippen molar-refractivity contribution in [2.45, 2.75) is 45.1 Å². The number of carboxylic acid groups (broad SMARTS) is 1. The summed E-state index contributed by atoms with van der Waals surface area (Å²) in [6.45, 7) is 7.82. The molecule has 0 saturated heterocycles. The van der Waals surface area contributed by atoms with Gasteiger partial charge in [0.15, 0.2) is 0 Å². The Labute approximate surface area is 120 Å². The molecule has 0 unspecified atom stereocenters. The van der Waals surface area contributed by atoms with Crippen molar-refractivity contribution in [1.82, 2.24) is 4.72 Å². The molecule has 0 amide bonds. The van der Waals surface area contributed by atoms with Crippen molar-refractivity contribution in [2.75, 3.05) is 0 Å². The first-order valence-electron chi connectivity index (χ1n) is 6.25. The van der Waals surface area contributed by atoms with E-state index in [1.807, 2.05) is 0 Å². The number of nitrogens with one attached hydrogen (secondary N) is 1. The summed E-state index contributed by atoms with van der Waals surface area (Å²) in [7, 11) is -3.78. The second-order valence-electron chi connectivity index (χ2n) is 5.93. The van der Waals surface area contributed by atoms with Crippen LogP contribution in [0.5, 0.6) is 0 Å². The van der Waals surface area contributed by atoms with E-state index in [2.05, 4.69) is 4.72 Å². The van der Waals surface area contributed by atoms with Gasteiger partial charge in [0.2, 0.25) is 10.0 Å². The minimum Gasteiger partial charge on any atom is -0.481 e. The van der Waals surface area contributed by atoms with E-state index in [4.69, 9.17) is 0 Å². The molecular weight excluding hydrogens is 278 g/mol. The molecule has 2 N–H and O–H groups in total. The smallest absolute Gasteiger partial charge is 0.310 e. The maximum atomic E-state index is 12.4. The molecule has 1 aromatic rings. The Bertz CT molecular complexity index is 618. The number of benzene rings is 1. The normalized spacial score (nSPS) is 13.2. The molecule has 0 radical (unpaired) electrons. The second-order valence-corrected chi connectivity index (χ2v) is 7.58. The van der Waals surface area contributed by atoms with Gasteiger partial charge < -0.3 is 5.11 Å². The third-order valence-corrected chi connectivity index (χ3v) is 5.69. The van der Waals surface area contributed by atoms with Gasteiger partial charge in [-0.15, -0.1) is 0 Å². The van der Waals surface area contributed by atoms with Gasteiger partial charge >= 0.3 is 5.97 Å². The van der Waals surface area contributed by atoms with Gasteiger partial charge in [-0.25, -0.2) is 13.1 Å². The van der Waals surface area contributed by atoms with Crippen LogP contribution in [0.15, 0.2) is 29.2 Å². The summed E-state index contributed by atoms with van der Waals surface area (Å²) in [6.07, 6.45) is 0. The summed E-state index contributed by atoms with van der Waals surface area (Å²) < 4.78 is 27.4. The Morgan fingerprint density at radius 2 is 1.65 bits per heavy atom. The molecule has 20 heavy (non-hydrogen) atoms. The van der Waals surface area contributed by atoms with Crippen molar-refractivity contribution in [2.24, 2.45) is 5.41 Å². The summed E-state index contributed by atoms with van der Waals surface area (Å²) in [5, 5.41) is 9.26. The second kappa shape index (κ2) is 5.18. The molecule has 6 heteroatoms. The van der Waals surface area contributed by atoms with Crippen molar-refractivity contribution in [3.63, 3.8) is 0 Å². The first-order valence-corrected chi connectivity index (χ1v) is 7.73. The van der Waals surface area contributed by atoms with Gasteiger partial charge in [0, 0.05) is 5.54 Å². The van der Waals surface area contributed by atoms with Crippen molar-refractivity contribution in [3.05, 3.63) is 29.8 Å². The standard InChI is InChI=1S/C14H21NO4S/c1-10-8-6-7-9-11(10)20(18,19)15-14(4,5)13(2,3)12(16)17/h6-9,15H,1-5H3,(H,16,17). The van der Waals surface area contributed by atoms with Crippen LogP contribution in [0.1, 0.15) is 33.3 Å². The number of rotatable bonds is 5. The van der Waals surface area contributed by atoms with Crippen LogP contribution in [0.25, 0.3) is 0 Å². The highest BCUT2D eigenvalue weighted by atomic mass is 32.2. The van der Waals surface area contributed by atoms with Crippen LogP contribution < -0.4 is 4.72 Å². The fourth-order valence-corrected chi connectivity index (χ4v) is 3.43. The molecular formula is C14H21NO4S. The Morgan fingerprint density at radius 3 is 2.10 bits per heavy atom. The quantitative estimate of drug-likeness (QED) is 0.872. The average molecular weight is 299 g/mol. The van der Waals surface area contributed by atoms with Gasteiger partial charge in [0.1, 0.15) is 0 Å². The Balaban J connectivity index is 3.21. The predicted molar refractivity (Wildman–Crippen MR) is 77.0 cm³/mol. The number of hydrogen-bond donors (Lipinski definition) is 2. The summed E-state index contributed by atoms with van der Waals surface area (Å²) in [5.41, 5.74) is -1.77. The first-order chi connectivity index (χ1) is 8.92. The van der Waals surface area contributed by atoms with Crippen LogP contribution in [0.4, 0.5) is 0 Å². The fraction of sp³-hybridized carbons (Fsp3) is 0.500. The summed E-state index contributed by atoms with van der Waals surface area (Å²) in [5.74, 6) is -1.06. The molecule has 0 spiro atoms. The molecule has 0 aliphatic carbocycles. The minimum atomic E-state index is -3.78. The maximum absolute atomic E-state index is 12.4. The van der Waals surface area contributed by atoms with Gasteiger partial charge in [0.25, 0.3) is 0 Å². The molecule has 0 heterocycles. The Kier molecular flexibility index (Phi) is 4.31. The van der Waals surface area contributed by atoms with E-state index < -0.39 is 26.9 Å². The molecule has 0 aliphatic rings. The highest BCUT2D eigenvalue weighted by Crippen LogP contribution is 2.32. The molecule has 5 nitrogen and oxygen atoms in total. The van der Waals surface area contributed by atoms with E-state index in [9.17, 15) is 18.3 Å². The van der Waals surface area contributed by atoms with E-state index in [1.54, 1.807) is 39.0 Å². The van der Waals surface area contributed by atoms with Crippen molar-refractivity contribution in [1.29, 1.82) is 0 Å². The number of carbonyl (C=O) groups is 1. The maximum Gasteiger partial charge on any atom is 0.310 e. The zero-order valence-electron chi connectivity index (χ0n) is 12.4. The van der Waals surface area contributed by atoms with Crippen LogP contribution in [0.2, 0.25) is 0 Å². The lowest BCUT2D eigenvalue weighted by Crippen LogP contribution is -2.56. The Morgan fingerprint density at radius 1 is 1.15 bits per heavy atom. The summed E-state index contributed by atoms with van der Waals surface area (Å²) >= 11 is 0. The van der Waals surface area contributed by atoms with E-state index in [-0.39, 0.29) is 4.90 Å².